The van der Waals surface area contributed by atoms with Crippen molar-refractivity contribution in [2.24, 2.45) is 0 Å². The van der Waals surface area contributed by atoms with Gasteiger partial charge < -0.3 is 9.64 Å². The van der Waals surface area contributed by atoms with E-state index in [9.17, 15) is 9.18 Å². The smallest absolute Gasteiger partial charge is 0.233 e. The minimum absolute atomic E-state index is 0.0560. The Hall–Kier alpha value is -2.87. The summed E-state index contributed by atoms with van der Waals surface area (Å²) >= 11 is 1.36. The molecule has 0 spiro atoms. The molecule has 1 aliphatic heterocycles. The minimum Gasteiger partial charge on any atom is -0.483 e. The normalized spacial score (nSPS) is 16.3. The molecule has 1 atom stereocenters. The molecule has 1 fully saturated rings. The molecule has 3 aromatic rings. The number of hydrogen-bond acceptors (Lipinski definition) is 5. The fourth-order valence-corrected chi connectivity index (χ4v) is 4.56. The molecule has 8 heteroatoms. The molecule has 0 radical (unpaired) electrons. The van der Waals surface area contributed by atoms with Gasteiger partial charge in [0.05, 0.1) is 5.75 Å². The van der Waals surface area contributed by atoms with Crippen LogP contribution in [0.3, 0.4) is 0 Å². The Morgan fingerprint density at radius 3 is 2.68 bits per heavy atom. The van der Waals surface area contributed by atoms with Crippen LogP contribution in [0.15, 0.2) is 59.8 Å². The van der Waals surface area contributed by atoms with Gasteiger partial charge in [0.25, 0.3) is 0 Å². The summed E-state index contributed by atoms with van der Waals surface area (Å²) in [5.41, 5.74) is 0.862. The van der Waals surface area contributed by atoms with Crippen LogP contribution in [0.4, 0.5) is 4.39 Å². The molecule has 1 saturated heterocycles. The number of rotatable bonds is 7. The van der Waals surface area contributed by atoms with Gasteiger partial charge in [0.15, 0.2) is 22.5 Å². The van der Waals surface area contributed by atoms with Gasteiger partial charge in [0.1, 0.15) is 6.61 Å². The van der Waals surface area contributed by atoms with Gasteiger partial charge in [-0.05, 0) is 50.5 Å². The van der Waals surface area contributed by atoms with E-state index >= 15 is 0 Å². The van der Waals surface area contributed by atoms with Crippen LogP contribution in [0.25, 0.3) is 5.69 Å². The summed E-state index contributed by atoms with van der Waals surface area (Å²) in [5.74, 6) is 0.682. The maximum absolute atomic E-state index is 13.9. The lowest BCUT2D eigenvalue weighted by atomic mass is 10.0. The molecule has 0 aliphatic carbocycles. The van der Waals surface area contributed by atoms with Crippen molar-refractivity contribution >= 4 is 17.7 Å². The average molecular weight is 441 g/mol. The van der Waals surface area contributed by atoms with Crippen LogP contribution in [-0.2, 0) is 11.4 Å². The number of nitrogens with zero attached hydrogens (tertiary/aromatic N) is 4. The first kappa shape index (κ1) is 21.4. The van der Waals surface area contributed by atoms with Crippen LogP contribution in [-0.4, -0.2) is 43.9 Å². The highest BCUT2D eigenvalue weighted by atomic mass is 32.2. The van der Waals surface area contributed by atoms with E-state index in [0.29, 0.717) is 16.7 Å². The summed E-state index contributed by atoms with van der Waals surface area (Å²) in [7, 11) is 0. The fourth-order valence-electron chi connectivity index (χ4n) is 3.71. The Morgan fingerprint density at radius 2 is 1.90 bits per heavy atom. The summed E-state index contributed by atoms with van der Waals surface area (Å²) in [6.07, 6.45) is 3.28. The Balaban J connectivity index is 1.52. The molecule has 1 aliphatic rings. The van der Waals surface area contributed by atoms with Gasteiger partial charge in [-0.2, -0.15) is 0 Å². The maximum atomic E-state index is 13.9. The molecular weight excluding hydrogens is 415 g/mol. The quantitative estimate of drug-likeness (QED) is 0.507. The maximum Gasteiger partial charge on any atom is 0.233 e. The summed E-state index contributed by atoms with van der Waals surface area (Å²) < 4.78 is 21.4. The fraction of sp³-hybridized carbons (Fsp3) is 0.348. The molecule has 2 aromatic carbocycles. The van der Waals surface area contributed by atoms with Crippen LogP contribution in [0.2, 0.25) is 0 Å². The van der Waals surface area contributed by atoms with Crippen LogP contribution in [0.1, 0.15) is 32.0 Å². The van der Waals surface area contributed by atoms with Crippen molar-refractivity contribution in [3.63, 3.8) is 0 Å². The number of benzene rings is 2. The zero-order valence-corrected chi connectivity index (χ0v) is 18.2. The van der Waals surface area contributed by atoms with Gasteiger partial charge in [-0.15, -0.1) is 10.2 Å². The zero-order chi connectivity index (χ0) is 21.6. The Labute approximate surface area is 185 Å². The minimum atomic E-state index is -0.427. The van der Waals surface area contributed by atoms with Gasteiger partial charge in [-0.3, -0.25) is 9.36 Å². The zero-order valence-electron chi connectivity index (χ0n) is 17.4. The van der Waals surface area contributed by atoms with Crippen molar-refractivity contribution in [3.05, 3.63) is 66.2 Å². The first-order valence-corrected chi connectivity index (χ1v) is 11.4. The van der Waals surface area contributed by atoms with Crippen LogP contribution in [0.5, 0.6) is 5.75 Å². The molecular formula is C23H25FN4O2S. The molecule has 0 bridgehead atoms. The Kier molecular flexibility index (Phi) is 6.86. The second kappa shape index (κ2) is 9.96. The molecule has 2 heterocycles. The van der Waals surface area contributed by atoms with E-state index in [-0.39, 0.29) is 24.3 Å². The number of carbonyl (C=O) groups is 1. The third-order valence-corrected chi connectivity index (χ3v) is 6.27. The van der Waals surface area contributed by atoms with E-state index in [1.807, 2.05) is 39.8 Å². The summed E-state index contributed by atoms with van der Waals surface area (Å²) in [5, 5.41) is 9.16. The topological polar surface area (TPSA) is 60.3 Å². The number of para-hydroxylation sites is 2. The molecule has 0 saturated carbocycles. The number of ether oxygens (including phenoxy) is 1. The third kappa shape index (κ3) is 5.07. The van der Waals surface area contributed by atoms with E-state index in [0.717, 1.165) is 25.1 Å². The average Bonchev–Trinajstić information content (AvgIpc) is 3.20. The molecule has 162 valence electrons. The van der Waals surface area contributed by atoms with Gasteiger partial charge in [-0.25, -0.2) is 4.39 Å². The van der Waals surface area contributed by atoms with Crippen molar-refractivity contribution < 1.29 is 13.9 Å². The number of likely N-dealkylation sites (tertiary alicyclic amines) is 1. The van der Waals surface area contributed by atoms with Gasteiger partial charge in [0, 0.05) is 18.3 Å². The highest BCUT2D eigenvalue weighted by Crippen LogP contribution is 2.25. The van der Waals surface area contributed by atoms with E-state index in [2.05, 4.69) is 17.1 Å². The lowest BCUT2D eigenvalue weighted by Gasteiger charge is -2.33. The first-order valence-electron chi connectivity index (χ1n) is 10.4. The highest BCUT2D eigenvalue weighted by molar-refractivity contribution is 7.99. The number of thioether (sulfide) groups is 1. The molecule has 4 rings (SSSR count). The van der Waals surface area contributed by atoms with Crippen molar-refractivity contribution in [1.82, 2.24) is 19.7 Å². The largest absolute Gasteiger partial charge is 0.483 e. The number of amides is 1. The van der Waals surface area contributed by atoms with E-state index < -0.39 is 5.82 Å². The predicted octanol–water partition coefficient (Wildman–Crippen LogP) is 4.48. The van der Waals surface area contributed by atoms with E-state index in [4.69, 9.17) is 4.74 Å². The molecule has 1 unspecified atom stereocenters. The molecule has 0 N–H and O–H groups in total. The first-order chi connectivity index (χ1) is 15.1. The number of piperidine rings is 1. The van der Waals surface area contributed by atoms with E-state index in [1.165, 1.54) is 24.2 Å². The van der Waals surface area contributed by atoms with Crippen LogP contribution >= 0.6 is 11.8 Å². The van der Waals surface area contributed by atoms with Crippen molar-refractivity contribution in [2.45, 2.75) is 44.0 Å². The molecule has 31 heavy (non-hydrogen) atoms. The van der Waals surface area contributed by atoms with Crippen LogP contribution in [0, 0.1) is 5.82 Å². The third-order valence-electron chi connectivity index (χ3n) is 5.36. The second-order valence-electron chi connectivity index (χ2n) is 7.51. The number of halogens is 1. The van der Waals surface area contributed by atoms with Gasteiger partial charge >= 0.3 is 0 Å². The monoisotopic (exact) mass is 440 g/mol. The van der Waals surface area contributed by atoms with Gasteiger partial charge in [0.2, 0.25) is 5.91 Å². The summed E-state index contributed by atoms with van der Waals surface area (Å²) in [4.78, 5) is 14.7. The highest BCUT2D eigenvalue weighted by Gasteiger charge is 2.24. The Morgan fingerprint density at radius 1 is 1.13 bits per heavy atom. The molecule has 6 nitrogen and oxygen atoms in total. The standard InChI is InChI=1S/C23H25FN4O2S/c1-17-9-7-8-14-27(17)22(29)16-31-23-26-25-21(28(23)18-10-3-2-4-11-18)15-30-20-13-6-5-12-19(20)24/h2-6,10-13,17H,7-9,14-16H2,1H3. The number of hydrogen-bond donors (Lipinski definition) is 0. The van der Waals surface area contributed by atoms with Gasteiger partial charge in [-0.1, -0.05) is 42.1 Å². The van der Waals surface area contributed by atoms with E-state index in [1.54, 1.807) is 18.2 Å². The van der Waals surface area contributed by atoms with Crippen molar-refractivity contribution in [1.29, 1.82) is 0 Å². The summed E-state index contributed by atoms with van der Waals surface area (Å²) in [6.45, 7) is 2.97. The van der Waals surface area contributed by atoms with Crippen molar-refractivity contribution in [2.75, 3.05) is 12.3 Å². The Bertz CT molecular complexity index is 1030. The lowest BCUT2D eigenvalue weighted by molar-refractivity contribution is -0.131. The van der Waals surface area contributed by atoms with Crippen LogP contribution < -0.4 is 4.74 Å². The molecule has 1 amide bonds. The SMILES string of the molecule is CC1CCCCN1C(=O)CSc1nnc(COc2ccccc2F)n1-c1ccccc1. The predicted molar refractivity (Wildman–Crippen MR) is 118 cm³/mol. The number of carbonyl (C=O) groups excluding carboxylic acids is 1. The molecule has 1 aromatic heterocycles. The lowest BCUT2D eigenvalue weighted by Crippen LogP contribution is -2.42. The van der Waals surface area contributed by atoms with Crippen molar-refractivity contribution in [3.8, 4) is 11.4 Å². The second-order valence-corrected chi connectivity index (χ2v) is 8.45. The number of aromatic nitrogens is 3. The summed E-state index contributed by atoms with van der Waals surface area (Å²) in [6, 6.07) is 16.2.